The van der Waals surface area contributed by atoms with Crippen molar-refractivity contribution in [2.45, 2.75) is 20.4 Å². The van der Waals surface area contributed by atoms with E-state index in [1.54, 1.807) is 30.1 Å². The van der Waals surface area contributed by atoms with Crippen LogP contribution in [0, 0.1) is 13.8 Å². The molecule has 0 spiro atoms. The Bertz CT molecular complexity index is 1210. The number of aryl methyl sites for hydroxylation is 1. The Labute approximate surface area is 175 Å². The third-order valence-corrected chi connectivity index (χ3v) is 5.37. The smallest absolute Gasteiger partial charge is 0.277 e. The Morgan fingerprint density at radius 3 is 2.83 bits per heavy atom. The van der Waals surface area contributed by atoms with Gasteiger partial charge in [-0.2, -0.15) is 10.2 Å². The summed E-state index contributed by atoms with van der Waals surface area (Å²) in [6.45, 7) is 4.36. The average molecular weight is 455 g/mol. The topological polar surface area (TPSA) is 86.3 Å². The highest BCUT2D eigenvalue weighted by Gasteiger charge is 2.21. The average Bonchev–Trinajstić information content (AvgIpc) is 3.20. The summed E-state index contributed by atoms with van der Waals surface area (Å²) in [5.41, 5.74) is 4.17. The number of benzene rings is 1. The second-order valence-electron chi connectivity index (χ2n) is 6.56. The third kappa shape index (κ3) is 3.61. The van der Waals surface area contributed by atoms with Gasteiger partial charge >= 0.3 is 0 Å². The summed E-state index contributed by atoms with van der Waals surface area (Å²) in [6, 6.07) is 9.58. The Kier molecular flexibility index (Phi) is 5.06. The molecule has 1 aromatic carbocycles. The number of anilines is 1. The first-order valence-electron chi connectivity index (χ1n) is 8.95. The monoisotopic (exact) mass is 454 g/mol. The van der Waals surface area contributed by atoms with Crippen molar-refractivity contribution in [3.05, 3.63) is 69.8 Å². The first-order valence-corrected chi connectivity index (χ1v) is 9.74. The van der Waals surface area contributed by atoms with E-state index in [9.17, 15) is 4.79 Å². The number of hydrogen-bond acceptors (Lipinski definition) is 5. The van der Waals surface area contributed by atoms with Crippen LogP contribution in [-0.4, -0.2) is 37.4 Å². The van der Waals surface area contributed by atoms with Gasteiger partial charge in [0, 0.05) is 12.4 Å². The van der Waals surface area contributed by atoms with Crippen LogP contribution in [0.3, 0.4) is 0 Å². The lowest BCUT2D eigenvalue weighted by Gasteiger charge is -2.08. The first-order chi connectivity index (χ1) is 14.0. The molecule has 0 saturated heterocycles. The molecule has 3 aromatic heterocycles. The Hall–Kier alpha value is -3.20. The highest BCUT2D eigenvalue weighted by molar-refractivity contribution is 9.10. The van der Waals surface area contributed by atoms with Crippen molar-refractivity contribution in [1.82, 2.24) is 24.4 Å². The molecule has 4 rings (SSSR count). The molecular weight excluding hydrogens is 436 g/mol. The molecule has 0 aliphatic rings. The summed E-state index contributed by atoms with van der Waals surface area (Å²) in [5, 5.41) is 11.8. The van der Waals surface area contributed by atoms with E-state index in [-0.39, 0.29) is 11.6 Å². The summed E-state index contributed by atoms with van der Waals surface area (Å²) >= 11 is 3.43. The molecule has 29 heavy (non-hydrogen) atoms. The normalized spacial score (nSPS) is 11.0. The zero-order valence-corrected chi connectivity index (χ0v) is 17.8. The number of ether oxygens (including phenoxy) is 1. The number of carbonyl (C=O) groups is 1. The van der Waals surface area contributed by atoms with E-state index in [0.29, 0.717) is 22.4 Å². The highest BCUT2D eigenvalue weighted by atomic mass is 79.9. The van der Waals surface area contributed by atoms with Gasteiger partial charge in [-0.05, 0) is 53.5 Å². The van der Waals surface area contributed by atoms with Gasteiger partial charge in [-0.25, -0.2) is 9.50 Å². The van der Waals surface area contributed by atoms with Gasteiger partial charge in [-0.3, -0.25) is 9.48 Å². The van der Waals surface area contributed by atoms with Crippen molar-refractivity contribution in [3.63, 3.8) is 0 Å². The van der Waals surface area contributed by atoms with E-state index in [4.69, 9.17) is 4.74 Å². The minimum atomic E-state index is -0.325. The lowest BCUT2D eigenvalue weighted by molar-refractivity contribution is 0.102. The number of nitrogens with zero attached hydrogens (tertiary/aromatic N) is 5. The Morgan fingerprint density at radius 1 is 1.24 bits per heavy atom. The fraction of sp³-hybridized carbons (Fsp3) is 0.200. The summed E-state index contributed by atoms with van der Waals surface area (Å²) < 4.78 is 9.26. The second-order valence-corrected chi connectivity index (χ2v) is 7.35. The Morgan fingerprint density at radius 2 is 2.07 bits per heavy atom. The highest BCUT2D eigenvalue weighted by Crippen LogP contribution is 2.25. The van der Waals surface area contributed by atoms with Crippen molar-refractivity contribution >= 4 is 33.2 Å². The molecule has 0 atom stereocenters. The fourth-order valence-electron chi connectivity index (χ4n) is 3.15. The van der Waals surface area contributed by atoms with E-state index in [1.165, 1.54) is 0 Å². The number of fused-ring (bicyclic) bond motifs is 1. The summed E-state index contributed by atoms with van der Waals surface area (Å²) in [5.74, 6) is 0.470. The van der Waals surface area contributed by atoms with Crippen LogP contribution in [0.15, 0.2) is 47.2 Å². The number of hydrogen-bond donors (Lipinski definition) is 1. The van der Waals surface area contributed by atoms with Crippen LogP contribution < -0.4 is 10.1 Å². The molecule has 4 aromatic rings. The number of methoxy groups -OCH3 is 1. The molecule has 1 amide bonds. The lowest BCUT2D eigenvalue weighted by atomic mass is 10.2. The minimum absolute atomic E-state index is 0.267. The van der Waals surface area contributed by atoms with E-state index in [1.807, 2.05) is 42.8 Å². The molecule has 0 aliphatic heterocycles. The Balaban J connectivity index is 1.60. The summed E-state index contributed by atoms with van der Waals surface area (Å²) in [4.78, 5) is 17.1. The van der Waals surface area contributed by atoms with E-state index in [0.717, 1.165) is 22.7 Å². The fourth-order valence-corrected chi connectivity index (χ4v) is 3.70. The maximum Gasteiger partial charge on any atom is 0.277 e. The van der Waals surface area contributed by atoms with Gasteiger partial charge in [0.05, 0.1) is 35.2 Å². The molecular formula is C20H19BrN6O2. The van der Waals surface area contributed by atoms with Crippen molar-refractivity contribution < 1.29 is 9.53 Å². The zero-order valence-electron chi connectivity index (χ0n) is 16.2. The van der Waals surface area contributed by atoms with Gasteiger partial charge in [-0.15, -0.1) is 0 Å². The largest absolute Gasteiger partial charge is 0.497 e. The van der Waals surface area contributed by atoms with Crippen LogP contribution >= 0.6 is 15.9 Å². The SMILES string of the molecule is COc1cccc(Cn2nc(C)c(NC(=O)c3nn4cccnc4c3Br)c2C)c1. The van der Waals surface area contributed by atoms with Crippen molar-refractivity contribution in [3.8, 4) is 5.75 Å². The number of aromatic nitrogens is 5. The van der Waals surface area contributed by atoms with Gasteiger partial charge in [0.2, 0.25) is 0 Å². The third-order valence-electron chi connectivity index (χ3n) is 4.64. The molecule has 0 aliphatic carbocycles. The van der Waals surface area contributed by atoms with Crippen LogP contribution in [0.5, 0.6) is 5.75 Å². The molecule has 0 saturated carbocycles. The summed E-state index contributed by atoms with van der Waals surface area (Å²) in [7, 11) is 1.64. The predicted molar refractivity (Wildman–Crippen MR) is 112 cm³/mol. The van der Waals surface area contributed by atoms with Crippen LogP contribution in [0.2, 0.25) is 0 Å². The zero-order chi connectivity index (χ0) is 20.5. The number of nitrogens with one attached hydrogen (secondary N) is 1. The minimum Gasteiger partial charge on any atom is -0.497 e. The van der Waals surface area contributed by atoms with Crippen LogP contribution in [0.1, 0.15) is 27.4 Å². The van der Waals surface area contributed by atoms with E-state index < -0.39 is 0 Å². The quantitative estimate of drug-likeness (QED) is 0.497. The number of carbonyl (C=O) groups excluding carboxylic acids is 1. The summed E-state index contributed by atoms with van der Waals surface area (Å²) in [6.07, 6.45) is 3.40. The van der Waals surface area contributed by atoms with Gasteiger partial charge < -0.3 is 10.1 Å². The van der Waals surface area contributed by atoms with Crippen LogP contribution in [0.4, 0.5) is 5.69 Å². The molecule has 8 nitrogen and oxygen atoms in total. The molecule has 3 heterocycles. The molecule has 1 N–H and O–H groups in total. The number of rotatable bonds is 5. The molecule has 9 heteroatoms. The first kappa shape index (κ1) is 19.1. The molecule has 0 radical (unpaired) electrons. The van der Waals surface area contributed by atoms with Crippen molar-refractivity contribution in [2.24, 2.45) is 0 Å². The van der Waals surface area contributed by atoms with E-state index >= 15 is 0 Å². The molecule has 148 valence electrons. The van der Waals surface area contributed by atoms with Gasteiger partial charge in [0.25, 0.3) is 5.91 Å². The number of halogens is 1. The van der Waals surface area contributed by atoms with Crippen LogP contribution in [-0.2, 0) is 6.54 Å². The van der Waals surface area contributed by atoms with E-state index in [2.05, 4.69) is 36.4 Å². The number of amides is 1. The van der Waals surface area contributed by atoms with Gasteiger partial charge in [0.15, 0.2) is 11.3 Å². The van der Waals surface area contributed by atoms with Gasteiger partial charge in [-0.1, -0.05) is 12.1 Å². The molecule has 0 fully saturated rings. The predicted octanol–water partition coefficient (Wildman–Crippen LogP) is 3.61. The molecule has 0 unspecified atom stereocenters. The van der Waals surface area contributed by atoms with Gasteiger partial charge in [0.1, 0.15) is 5.75 Å². The van der Waals surface area contributed by atoms with Crippen LogP contribution in [0.25, 0.3) is 5.65 Å². The van der Waals surface area contributed by atoms with Crippen molar-refractivity contribution in [2.75, 3.05) is 12.4 Å². The maximum absolute atomic E-state index is 12.9. The lowest BCUT2D eigenvalue weighted by Crippen LogP contribution is -2.14. The second kappa shape index (κ2) is 7.67. The van der Waals surface area contributed by atoms with Crippen molar-refractivity contribution in [1.29, 1.82) is 0 Å². The molecule has 0 bridgehead atoms. The standard InChI is InChI=1S/C20H19BrN6O2/c1-12-17(13(2)27(24-12)11-14-6-4-7-15(10-14)29-3)23-20(28)18-16(21)19-22-8-5-9-26(19)25-18/h4-10H,11H2,1-3H3,(H,23,28). The maximum atomic E-state index is 12.9.